The van der Waals surface area contributed by atoms with Crippen molar-refractivity contribution >= 4 is 0 Å². The van der Waals surface area contributed by atoms with E-state index in [0.29, 0.717) is 12.3 Å². The number of ether oxygens (including phenoxy) is 2. The van der Waals surface area contributed by atoms with Crippen LogP contribution in [0.4, 0.5) is 0 Å². The molecule has 0 aromatic heterocycles. The number of benzene rings is 3. The van der Waals surface area contributed by atoms with Gasteiger partial charge in [0.2, 0.25) is 0 Å². The summed E-state index contributed by atoms with van der Waals surface area (Å²) in [5, 5.41) is 11.0. The second-order valence-corrected chi connectivity index (χ2v) is 7.80. The molecule has 0 saturated heterocycles. The van der Waals surface area contributed by atoms with E-state index in [1.807, 2.05) is 18.2 Å². The monoisotopic (exact) mass is 405 g/mol. The molecule has 3 aromatic rings. The van der Waals surface area contributed by atoms with Crippen LogP contribution in [-0.4, -0.2) is 24.2 Å². The van der Waals surface area contributed by atoms with E-state index in [4.69, 9.17) is 9.47 Å². The zero-order chi connectivity index (χ0) is 21.5. The van der Waals surface area contributed by atoms with E-state index in [0.717, 1.165) is 30.0 Å². The van der Waals surface area contributed by atoms with Crippen LogP contribution in [0.1, 0.15) is 42.0 Å². The Labute approximate surface area is 179 Å². The molecule has 0 amide bonds. The Hall–Kier alpha value is -2.98. The van der Waals surface area contributed by atoms with Gasteiger partial charge in [-0.25, -0.2) is 0 Å². The van der Waals surface area contributed by atoms with Crippen molar-refractivity contribution in [3.8, 4) is 17.2 Å². The van der Waals surface area contributed by atoms with Crippen molar-refractivity contribution in [2.45, 2.75) is 39.4 Å². The highest BCUT2D eigenvalue weighted by Gasteiger charge is 2.23. The van der Waals surface area contributed by atoms with Crippen molar-refractivity contribution in [1.82, 2.24) is 4.90 Å². The summed E-state index contributed by atoms with van der Waals surface area (Å²) in [6.45, 7) is 6.24. The minimum Gasteiger partial charge on any atom is -0.504 e. The first-order valence-electron chi connectivity index (χ1n) is 10.3. The van der Waals surface area contributed by atoms with Gasteiger partial charge in [0.15, 0.2) is 11.5 Å². The van der Waals surface area contributed by atoms with Gasteiger partial charge < -0.3 is 14.6 Å². The fraction of sp³-hybridized carbons (Fsp3) is 0.308. The molecule has 0 bridgehead atoms. The van der Waals surface area contributed by atoms with Gasteiger partial charge in [0.1, 0.15) is 5.75 Å². The van der Waals surface area contributed by atoms with Crippen LogP contribution in [0.3, 0.4) is 0 Å². The lowest BCUT2D eigenvalue weighted by atomic mass is 9.97. The minimum atomic E-state index is 0.166. The summed E-state index contributed by atoms with van der Waals surface area (Å²) in [6.07, 6.45) is 0. The molecule has 4 heteroatoms. The van der Waals surface area contributed by atoms with Gasteiger partial charge >= 0.3 is 0 Å². The van der Waals surface area contributed by atoms with E-state index in [9.17, 15) is 5.11 Å². The number of methoxy groups -OCH3 is 2. The first kappa shape index (κ1) is 21.7. The number of phenolic OH excluding ortho intramolecular Hbond substituents is 1. The molecule has 158 valence electrons. The van der Waals surface area contributed by atoms with Gasteiger partial charge in [-0.15, -0.1) is 0 Å². The molecule has 0 radical (unpaired) electrons. The number of nitrogens with zero attached hydrogens (tertiary/aromatic N) is 1. The number of rotatable bonds is 9. The predicted molar refractivity (Wildman–Crippen MR) is 121 cm³/mol. The summed E-state index contributed by atoms with van der Waals surface area (Å²) >= 11 is 0. The summed E-state index contributed by atoms with van der Waals surface area (Å²) in [6, 6.07) is 22.7. The van der Waals surface area contributed by atoms with E-state index in [-0.39, 0.29) is 11.7 Å². The predicted octanol–water partition coefficient (Wildman–Crippen LogP) is 5.74. The lowest BCUT2D eigenvalue weighted by Crippen LogP contribution is -2.22. The van der Waals surface area contributed by atoms with Crippen molar-refractivity contribution < 1.29 is 14.6 Å². The number of hydrogen-bond acceptors (Lipinski definition) is 4. The first-order chi connectivity index (χ1) is 14.5. The Morgan fingerprint density at radius 1 is 0.800 bits per heavy atom. The summed E-state index contributed by atoms with van der Waals surface area (Å²) in [5.74, 6) is 1.60. The van der Waals surface area contributed by atoms with Crippen LogP contribution in [0.15, 0.2) is 66.7 Å². The lowest BCUT2D eigenvalue weighted by molar-refractivity contribution is 0.242. The van der Waals surface area contributed by atoms with E-state index >= 15 is 0 Å². The van der Waals surface area contributed by atoms with Gasteiger partial charge in [-0.2, -0.15) is 0 Å². The van der Waals surface area contributed by atoms with Gasteiger partial charge in [0, 0.05) is 30.8 Å². The van der Waals surface area contributed by atoms with E-state index in [1.54, 1.807) is 14.2 Å². The molecule has 0 spiro atoms. The van der Waals surface area contributed by atoms with E-state index in [1.165, 1.54) is 11.1 Å². The lowest BCUT2D eigenvalue weighted by Gasteiger charge is -2.25. The number of aromatic hydroxyl groups is 1. The van der Waals surface area contributed by atoms with Crippen LogP contribution in [0.25, 0.3) is 0 Å². The molecular formula is C26H31NO3. The number of hydrogen-bond donors (Lipinski definition) is 1. The zero-order valence-corrected chi connectivity index (χ0v) is 18.3. The molecule has 30 heavy (non-hydrogen) atoms. The maximum Gasteiger partial charge on any atom is 0.167 e. The third kappa shape index (κ3) is 5.14. The Bertz CT molecular complexity index is 898. The summed E-state index contributed by atoms with van der Waals surface area (Å²) in [7, 11) is 3.25. The van der Waals surface area contributed by atoms with Crippen molar-refractivity contribution in [1.29, 1.82) is 0 Å². The van der Waals surface area contributed by atoms with Crippen LogP contribution < -0.4 is 9.47 Å². The van der Waals surface area contributed by atoms with Crippen molar-refractivity contribution in [2.75, 3.05) is 14.2 Å². The topological polar surface area (TPSA) is 41.9 Å². The molecule has 4 nitrogen and oxygen atoms in total. The van der Waals surface area contributed by atoms with Crippen molar-refractivity contribution in [2.24, 2.45) is 0 Å². The van der Waals surface area contributed by atoms with Crippen LogP contribution in [0.2, 0.25) is 0 Å². The van der Waals surface area contributed by atoms with Crippen LogP contribution >= 0.6 is 0 Å². The zero-order valence-electron chi connectivity index (χ0n) is 18.3. The Morgan fingerprint density at radius 2 is 1.33 bits per heavy atom. The molecule has 0 fully saturated rings. The standard InChI is InChI=1S/C26H31NO3/c1-19(2)24-23(29-3)15-22(25(28)26(24)30-4)18-27(16-20-11-7-5-8-12-20)17-21-13-9-6-10-14-21/h5-15,19,28H,16-18H2,1-4H3. The SMILES string of the molecule is COc1cc(CN(Cc2ccccc2)Cc2ccccc2)c(O)c(OC)c1C(C)C. The average Bonchev–Trinajstić information content (AvgIpc) is 2.75. The Kier molecular flexibility index (Phi) is 7.36. The highest BCUT2D eigenvalue weighted by molar-refractivity contribution is 5.59. The summed E-state index contributed by atoms with van der Waals surface area (Å²) in [4.78, 5) is 2.31. The van der Waals surface area contributed by atoms with Gasteiger partial charge in [0.25, 0.3) is 0 Å². The third-order valence-electron chi connectivity index (χ3n) is 5.23. The largest absolute Gasteiger partial charge is 0.504 e. The summed E-state index contributed by atoms with van der Waals surface area (Å²) < 4.78 is 11.2. The Morgan fingerprint density at radius 3 is 1.77 bits per heavy atom. The van der Waals surface area contributed by atoms with Crippen LogP contribution in [0.5, 0.6) is 17.2 Å². The molecule has 0 saturated carbocycles. The smallest absolute Gasteiger partial charge is 0.167 e. The molecule has 0 aliphatic rings. The van der Waals surface area contributed by atoms with Gasteiger partial charge in [-0.3, -0.25) is 4.90 Å². The molecule has 1 N–H and O–H groups in total. The molecule has 0 aliphatic heterocycles. The van der Waals surface area contributed by atoms with Crippen LogP contribution in [-0.2, 0) is 19.6 Å². The fourth-order valence-electron chi connectivity index (χ4n) is 3.82. The molecule has 0 unspecified atom stereocenters. The molecule has 0 aliphatic carbocycles. The molecular weight excluding hydrogens is 374 g/mol. The second-order valence-electron chi connectivity index (χ2n) is 7.80. The van der Waals surface area contributed by atoms with E-state index < -0.39 is 0 Å². The average molecular weight is 406 g/mol. The van der Waals surface area contributed by atoms with Crippen LogP contribution in [0, 0.1) is 0 Å². The molecule has 3 rings (SSSR count). The van der Waals surface area contributed by atoms with E-state index in [2.05, 4.69) is 67.3 Å². The van der Waals surface area contributed by atoms with Crippen molar-refractivity contribution in [3.63, 3.8) is 0 Å². The quantitative estimate of drug-likeness (QED) is 0.493. The fourth-order valence-corrected chi connectivity index (χ4v) is 3.82. The van der Waals surface area contributed by atoms with Gasteiger partial charge in [-0.05, 0) is 23.1 Å². The minimum absolute atomic E-state index is 0.166. The highest BCUT2D eigenvalue weighted by atomic mass is 16.5. The third-order valence-corrected chi connectivity index (χ3v) is 5.23. The first-order valence-corrected chi connectivity index (χ1v) is 10.3. The van der Waals surface area contributed by atoms with Gasteiger partial charge in [0.05, 0.1) is 14.2 Å². The summed E-state index contributed by atoms with van der Waals surface area (Å²) in [5.41, 5.74) is 4.13. The normalized spacial score (nSPS) is 11.1. The molecule has 0 heterocycles. The Balaban J connectivity index is 1.96. The maximum absolute atomic E-state index is 11.0. The molecule has 3 aromatic carbocycles. The second kappa shape index (κ2) is 10.2. The highest BCUT2D eigenvalue weighted by Crippen LogP contribution is 2.44. The van der Waals surface area contributed by atoms with Gasteiger partial charge in [-0.1, -0.05) is 74.5 Å². The maximum atomic E-state index is 11.0. The van der Waals surface area contributed by atoms with Crippen molar-refractivity contribution in [3.05, 3.63) is 89.0 Å². The number of phenols is 1. The molecule has 0 atom stereocenters.